The molecule has 1 unspecified atom stereocenters. The monoisotopic (exact) mass is 484 g/mol. The van der Waals surface area contributed by atoms with E-state index in [1.54, 1.807) is 6.07 Å². The van der Waals surface area contributed by atoms with E-state index in [1.807, 2.05) is 48.7 Å². The van der Waals surface area contributed by atoms with Gasteiger partial charge in [0.1, 0.15) is 4.34 Å². The van der Waals surface area contributed by atoms with Crippen molar-refractivity contribution in [1.29, 1.82) is 0 Å². The average Bonchev–Trinajstić information content (AvgIpc) is 3.03. The van der Waals surface area contributed by atoms with Crippen molar-refractivity contribution < 1.29 is 4.79 Å². The molecule has 4 aromatic rings. The van der Waals surface area contributed by atoms with Crippen LogP contribution in [0.4, 0.5) is 5.13 Å². The van der Waals surface area contributed by atoms with Gasteiger partial charge in [-0.25, -0.2) is 4.98 Å². The first-order valence-corrected chi connectivity index (χ1v) is 12.2. The third-order valence-electron chi connectivity index (χ3n) is 6.13. The summed E-state index contributed by atoms with van der Waals surface area (Å²) in [6.45, 7) is 2.03. The lowest BCUT2D eigenvalue weighted by molar-refractivity contribution is -0.121. The predicted octanol–water partition coefficient (Wildman–Crippen LogP) is 7.51. The largest absolute Gasteiger partial charge is 0.301 e. The summed E-state index contributed by atoms with van der Waals surface area (Å²) in [5.41, 5.74) is 2.87. The fourth-order valence-corrected chi connectivity index (χ4v) is 6.61. The minimum absolute atomic E-state index is 0.0319. The Labute approximate surface area is 198 Å². The topological polar surface area (TPSA) is 42.0 Å². The van der Waals surface area contributed by atoms with E-state index in [2.05, 4.69) is 34.6 Å². The van der Waals surface area contributed by atoms with E-state index in [1.165, 1.54) is 22.7 Å². The first kappa shape index (κ1) is 20.7. The lowest BCUT2D eigenvalue weighted by atomic mass is 9.80. The summed E-state index contributed by atoms with van der Waals surface area (Å²) in [5, 5.41) is 5.49. The number of thiazole rings is 1. The number of carbonyl (C=O) groups excluding carboxylic acids is 1. The molecule has 7 heteroatoms. The second kappa shape index (κ2) is 7.75. The van der Waals surface area contributed by atoms with Crippen molar-refractivity contribution in [3.05, 3.63) is 91.9 Å². The maximum atomic E-state index is 13.5. The number of carbonyl (C=O) groups is 1. The molecule has 1 atom stereocenters. The SMILES string of the molecule is CC1(C(=O)Nc2nc(-c3cc(Cl)sc3Cl)cs2)CC1(c1ccccc1)c1ccccc1. The zero-order valence-corrected chi connectivity index (χ0v) is 19.7. The maximum absolute atomic E-state index is 13.5. The number of halogens is 2. The Hall–Kier alpha value is -2.18. The lowest BCUT2D eigenvalue weighted by Gasteiger charge is -2.23. The molecule has 1 aliphatic carbocycles. The molecule has 2 aromatic carbocycles. The van der Waals surface area contributed by atoms with Crippen molar-refractivity contribution >= 4 is 56.9 Å². The molecule has 1 N–H and O–H groups in total. The van der Waals surface area contributed by atoms with Crippen molar-refractivity contribution in [2.24, 2.45) is 5.41 Å². The van der Waals surface area contributed by atoms with E-state index in [0.29, 0.717) is 19.5 Å². The minimum atomic E-state index is -0.578. The Balaban J connectivity index is 1.45. The van der Waals surface area contributed by atoms with Gasteiger partial charge >= 0.3 is 0 Å². The summed E-state index contributed by atoms with van der Waals surface area (Å²) in [4.78, 5) is 18.1. The molecular weight excluding hydrogens is 467 g/mol. The van der Waals surface area contributed by atoms with Crippen LogP contribution in [-0.4, -0.2) is 10.9 Å². The molecule has 31 heavy (non-hydrogen) atoms. The Kier molecular flexibility index (Phi) is 5.18. The van der Waals surface area contributed by atoms with Gasteiger partial charge in [0, 0.05) is 16.4 Å². The van der Waals surface area contributed by atoms with E-state index in [4.69, 9.17) is 23.2 Å². The van der Waals surface area contributed by atoms with Gasteiger partial charge in [-0.05, 0) is 30.5 Å². The van der Waals surface area contributed by atoms with Gasteiger partial charge in [-0.3, -0.25) is 4.79 Å². The van der Waals surface area contributed by atoms with Crippen molar-refractivity contribution in [3.63, 3.8) is 0 Å². The van der Waals surface area contributed by atoms with Crippen LogP contribution < -0.4 is 5.32 Å². The van der Waals surface area contributed by atoms with Crippen molar-refractivity contribution in [3.8, 4) is 11.3 Å². The van der Waals surface area contributed by atoms with E-state index >= 15 is 0 Å². The number of aromatic nitrogens is 1. The van der Waals surface area contributed by atoms with Crippen molar-refractivity contribution in [1.82, 2.24) is 4.98 Å². The third kappa shape index (κ3) is 3.40. The molecule has 3 nitrogen and oxygen atoms in total. The first-order valence-electron chi connectivity index (χ1n) is 9.77. The Morgan fingerprint density at radius 2 is 1.65 bits per heavy atom. The molecule has 1 amide bonds. The van der Waals surface area contributed by atoms with Crippen LogP contribution in [0.3, 0.4) is 0 Å². The molecule has 0 spiro atoms. The van der Waals surface area contributed by atoms with Gasteiger partial charge in [0.15, 0.2) is 5.13 Å². The second-order valence-corrected chi connectivity index (χ2v) is 11.0. The van der Waals surface area contributed by atoms with Gasteiger partial charge in [-0.2, -0.15) is 0 Å². The van der Waals surface area contributed by atoms with Crippen molar-refractivity contribution in [2.45, 2.75) is 18.8 Å². The molecule has 2 aromatic heterocycles. The summed E-state index contributed by atoms with van der Waals surface area (Å²) < 4.78 is 1.20. The molecular formula is C24H18Cl2N2OS2. The fourth-order valence-electron chi connectivity index (χ4n) is 4.42. The molecule has 5 rings (SSSR count). The highest BCUT2D eigenvalue weighted by Crippen LogP contribution is 2.68. The number of benzene rings is 2. The standard InChI is InChI=1S/C24H18Cl2N2OS2/c1-23(14-24(23,15-8-4-2-5-9-15)16-10-6-3-7-11-16)21(29)28-22-27-18(13-30-22)17-12-19(25)31-20(17)26/h2-13H,14H2,1H3,(H,27,28,29). The van der Waals surface area contributed by atoms with E-state index in [9.17, 15) is 4.79 Å². The maximum Gasteiger partial charge on any atom is 0.233 e. The highest BCUT2D eigenvalue weighted by molar-refractivity contribution is 7.20. The highest BCUT2D eigenvalue weighted by atomic mass is 35.5. The molecule has 0 bridgehead atoms. The van der Waals surface area contributed by atoms with E-state index in [0.717, 1.165) is 23.1 Å². The molecule has 156 valence electrons. The zero-order chi connectivity index (χ0) is 21.6. The van der Waals surface area contributed by atoms with Gasteiger partial charge in [0.25, 0.3) is 0 Å². The van der Waals surface area contributed by atoms with Gasteiger partial charge in [-0.1, -0.05) is 83.9 Å². The minimum Gasteiger partial charge on any atom is -0.301 e. The molecule has 0 saturated heterocycles. The average molecular weight is 485 g/mol. The predicted molar refractivity (Wildman–Crippen MR) is 130 cm³/mol. The lowest BCUT2D eigenvalue weighted by Crippen LogP contribution is -2.30. The first-order chi connectivity index (χ1) is 14.9. The fraction of sp³-hybridized carbons (Fsp3) is 0.167. The molecule has 1 aliphatic rings. The summed E-state index contributed by atoms with van der Waals surface area (Å²) in [7, 11) is 0. The van der Waals surface area contributed by atoms with Crippen LogP contribution in [0.5, 0.6) is 0 Å². The number of nitrogens with zero attached hydrogens (tertiary/aromatic N) is 1. The third-order valence-corrected chi connectivity index (χ3v) is 8.37. The Morgan fingerprint density at radius 3 is 2.19 bits per heavy atom. The van der Waals surface area contributed by atoms with Crippen LogP contribution in [-0.2, 0) is 10.2 Å². The Morgan fingerprint density at radius 1 is 1.03 bits per heavy atom. The molecule has 0 radical (unpaired) electrons. The van der Waals surface area contributed by atoms with Gasteiger partial charge in [0.2, 0.25) is 5.91 Å². The number of hydrogen-bond acceptors (Lipinski definition) is 4. The normalized spacial score (nSPS) is 19.2. The smallest absolute Gasteiger partial charge is 0.233 e. The highest BCUT2D eigenvalue weighted by Gasteiger charge is 2.70. The number of nitrogens with one attached hydrogen (secondary N) is 1. The van der Waals surface area contributed by atoms with Gasteiger partial charge in [-0.15, -0.1) is 22.7 Å². The Bertz CT molecular complexity index is 1210. The van der Waals surface area contributed by atoms with Gasteiger partial charge < -0.3 is 5.32 Å². The molecule has 1 saturated carbocycles. The molecule has 1 fully saturated rings. The number of thiophene rings is 1. The van der Waals surface area contributed by atoms with Crippen LogP contribution in [0.25, 0.3) is 11.3 Å². The van der Waals surface area contributed by atoms with Crippen LogP contribution in [0.1, 0.15) is 24.5 Å². The van der Waals surface area contributed by atoms with Crippen LogP contribution >= 0.6 is 45.9 Å². The van der Waals surface area contributed by atoms with Crippen LogP contribution in [0.2, 0.25) is 8.67 Å². The number of amides is 1. The molecule has 2 heterocycles. The summed E-state index contributed by atoms with van der Waals surface area (Å²) in [6.07, 6.45) is 0.740. The van der Waals surface area contributed by atoms with Crippen LogP contribution in [0.15, 0.2) is 72.1 Å². The van der Waals surface area contributed by atoms with Crippen molar-refractivity contribution in [2.75, 3.05) is 5.32 Å². The van der Waals surface area contributed by atoms with E-state index < -0.39 is 5.41 Å². The zero-order valence-electron chi connectivity index (χ0n) is 16.6. The van der Waals surface area contributed by atoms with E-state index in [-0.39, 0.29) is 11.3 Å². The number of anilines is 1. The van der Waals surface area contributed by atoms with Crippen LogP contribution in [0, 0.1) is 5.41 Å². The molecule has 0 aliphatic heterocycles. The second-order valence-electron chi connectivity index (χ2n) is 7.88. The summed E-state index contributed by atoms with van der Waals surface area (Å²) in [5.74, 6) is -0.0319. The quantitative estimate of drug-likeness (QED) is 0.318. The number of rotatable bonds is 5. The summed E-state index contributed by atoms with van der Waals surface area (Å²) >= 11 is 15.0. The number of hydrogen-bond donors (Lipinski definition) is 1. The summed E-state index contributed by atoms with van der Waals surface area (Å²) in [6, 6.07) is 22.3. The van der Waals surface area contributed by atoms with Gasteiger partial charge in [0.05, 0.1) is 15.4 Å².